The summed E-state index contributed by atoms with van der Waals surface area (Å²) in [4.78, 5) is 29.3. The number of fused-ring (bicyclic) bond motifs is 3. The number of halogens is 1. The quantitative estimate of drug-likeness (QED) is 0.250. The normalized spacial score (nSPS) is 12.0. The summed E-state index contributed by atoms with van der Waals surface area (Å²) in [5, 5.41) is 0. The molecular weight excluding hydrogens is 479 g/mol. The van der Waals surface area contributed by atoms with Gasteiger partial charge in [-0.05, 0) is 58.5 Å². The molecular formula is C19H13IN2O4S. The zero-order valence-corrected chi connectivity index (χ0v) is 17.3. The largest absolute Gasteiger partial charge is 0.493 e. The lowest BCUT2D eigenvalue weighted by atomic mass is 10.2. The highest BCUT2D eigenvalue weighted by molar-refractivity contribution is 14.1. The lowest BCUT2D eigenvalue weighted by Gasteiger charge is -2.10. The van der Waals surface area contributed by atoms with Gasteiger partial charge in [-0.1, -0.05) is 23.5 Å². The number of benzene rings is 2. The van der Waals surface area contributed by atoms with E-state index in [9.17, 15) is 9.59 Å². The molecule has 2 heterocycles. The Kier molecular flexibility index (Phi) is 4.60. The maximum atomic E-state index is 12.9. The highest BCUT2D eigenvalue weighted by Gasteiger charge is 2.14. The van der Waals surface area contributed by atoms with Gasteiger partial charge in [0.15, 0.2) is 16.5 Å². The summed E-state index contributed by atoms with van der Waals surface area (Å²) in [6.07, 6.45) is 1.79. The van der Waals surface area contributed by atoms with Crippen molar-refractivity contribution in [3.8, 4) is 11.5 Å². The van der Waals surface area contributed by atoms with Gasteiger partial charge in [0.25, 0.3) is 5.56 Å². The van der Waals surface area contributed by atoms with Gasteiger partial charge in [0.2, 0.25) is 0 Å². The Hall–Kier alpha value is -2.46. The van der Waals surface area contributed by atoms with Crippen LogP contribution in [0, 0.1) is 3.57 Å². The van der Waals surface area contributed by atoms with Gasteiger partial charge in [-0.2, -0.15) is 0 Å². The Balaban J connectivity index is 1.89. The van der Waals surface area contributed by atoms with Crippen LogP contribution in [0.3, 0.4) is 0 Å². The van der Waals surface area contributed by atoms with Crippen LogP contribution in [0.4, 0.5) is 0 Å². The molecule has 0 spiro atoms. The van der Waals surface area contributed by atoms with Crippen LogP contribution in [-0.2, 0) is 4.79 Å². The van der Waals surface area contributed by atoms with E-state index in [1.165, 1.54) is 25.4 Å². The minimum atomic E-state index is -0.420. The van der Waals surface area contributed by atoms with Gasteiger partial charge in [-0.25, -0.2) is 9.38 Å². The van der Waals surface area contributed by atoms with Crippen LogP contribution in [0.15, 0.2) is 41.2 Å². The molecule has 0 unspecified atom stereocenters. The fourth-order valence-electron chi connectivity index (χ4n) is 2.83. The Morgan fingerprint density at radius 1 is 1.30 bits per heavy atom. The SMILES string of the molecule is COc1cc(/C=c2/sc3nc4ccccc4n3c2=O)cc(I)c1OC(C)=O. The van der Waals surface area contributed by atoms with Crippen molar-refractivity contribution in [2.75, 3.05) is 7.11 Å². The molecule has 2 aromatic heterocycles. The van der Waals surface area contributed by atoms with Gasteiger partial charge in [-0.3, -0.25) is 9.59 Å². The average Bonchev–Trinajstić information content (AvgIpc) is 3.13. The van der Waals surface area contributed by atoms with Crippen molar-refractivity contribution in [2.24, 2.45) is 0 Å². The molecule has 0 saturated carbocycles. The molecule has 0 bridgehead atoms. The fourth-order valence-corrected chi connectivity index (χ4v) is 4.55. The van der Waals surface area contributed by atoms with Gasteiger partial charge in [-0.15, -0.1) is 0 Å². The second kappa shape index (κ2) is 6.93. The van der Waals surface area contributed by atoms with Crippen LogP contribution >= 0.6 is 33.9 Å². The van der Waals surface area contributed by atoms with Crippen molar-refractivity contribution in [1.29, 1.82) is 0 Å². The standard InChI is InChI=1S/C19H13IN2O4S/c1-10(23)26-17-12(20)7-11(8-15(17)25-2)9-16-18(24)22-14-6-4-3-5-13(14)21-19(22)27-16/h3-9H,1-2H3/b16-9+. The third-order valence-corrected chi connectivity index (χ3v) is 5.71. The molecule has 4 rings (SSSR count). The van der Waals surface area contributed by atoms with Gasteiger partial charge in [0, 0.05) is 6.92 Å². The number of ether oxygens (including phenoxy) is 2. The van der Waals surface area contributed by atoms with Crippen molar-refractivity contribution >= 4 is 62.0 Å². The first-order valence-electron chi connectivity index (χ1n) is 7.95. The first-order valence-corrected chi connectivity index (χ1v) is 9.85. The molecule has 2 aromatic carbocycles. The van der Waals surface area contributed by atoms with Crippen LogP contribution in [0.25, 0.3) is 22.1 Å². The summed E-state index contributed by atoms with van der Waals surface area (Å²) in [5.41, 5.74) is 2.26. The summed E-state index contributed by atoms with van der Waals surface area (Å²) in [6.45, 7) is 1.34. The summed E-state index contributed by atoms with van der Waals surface area (Å²) in [7, 11) is 1.51. The lowest BCUT2D eigenvalue weighted by Crippen LogP contribution is -2.22. The number of thiazole rings is 1. The van der Waals surface area contributed by atoms with Crippen LogP contribution in [0.1, 0.15) is 12.5 Å². The van der Waals surface area contributed by atoms with Gasteiger partial charge >= 0.3 is 5.97 Å². The highest BCUT2D eigenvalue weighted by Crippen LogP contribution is 2.34. The maximum absolute atomic E-state index is 12.9. The number of imidazole rings is 1. The lowest BCUT2D eigenvalue weighted by molar-refractivity contribution is -0.132. The topological polar surface area (TPSA) is 69.9 Å². The minimum absolute atomic E-state index is 0.110. The monoisotopic (exact) mass is 492 g/mol. The molecule has 0 fully saturated rings. The van der Waals surface area contributed by atoms with E-state index in [1.54, 1.807) is 16.5 Å². The number of rotatable bonds is 3. The van der Waals surface area contributed by atoms with Crippen molar-refractivity contribution in [3.05, 3.63) is 60.4 Å². The number of para-hydroxylation sites is 2. The van der Waals surface area contributed by atoms with Crippen LogP contribution in [-0.4, -0.2) is 22.5 Å². The van der Waals surface area contributed by atoms with E-state index in [4.69, 9.17) is 9.47 Å². The Morgan fingerprint density at radius 3 is 2.81 bits per heavy atom. The van der Waals surface area contributed by atoms with Crippen LogP contribution in [0.5, 0.6) is 11.5 Å². The fraction of sp³-hybridized carbons (Fsp3) is 0.105. The molecule has 27 heavy (non-hydrogen) atoms. The summed E-state index contributed by atoms with van der Waals surface area (Å²) >= 11 is 3.41. The van der Waals surface area contributed by atoms with E-state index in [2.05, 4.69) is 27.6 Å². The summed E-state index contributed by atoms with van der Waals surface area (Å²) < 4.78 is 13.5. The van der Waals surface area contributed by atoms with E-state index < -0.39 is 5.97 Å². The molecule has 0 radical (unpaired) electrons. The molecule has 0 amide bonds. The number of hydrogen-bond donors (Lipinski definition) is 0. The molecule has 0 aliphatic heterocycles. The third kappa shape index (κ3) is 3.19. The smallest absolute Gasteiger partial charge is 0.308 e. The highest BCUT2D eigenvalue weighted by atomic mass is 127. The van der Waals surface area contributed by atoms with E-state index in [0.717, 1.165) is 16.6 Å². The molecule has 0 aliphatic rings. The molecule has 0 N–H and O–H groups in total. The van der Waals surface area contributed by atoms with E-state index in [1.807, 2.05) is 30.3 Å². The van der Waals surface area contributed by atoms with Crippen molar-refractivity contribution in [2.45, 2.75) is 6.92 Å². The van der Waals surface area contributed by atoms with Crippen LogP contribution < -0.4 is 19.6 Å². The Bertz CT molecular complexity index is 1310. The summed E-state index contributed by atoms with van der Waals surface area (Å²) in [5.74, 6) is 0.385. The Labute approximate surface area is 171 Å². The first-order chi connectivity index (χ1) is 13.0. The second-order valence-corrected chi connectivity index (χ2v) is 7.93. The molecule has 4 aromatic rings. The second-order valence-electron chi connectivity index (χ2n) is 5.76. The number of aromatic nitrogens is 2. The zero-order valence-electron chi connectivity index (χ0n) is 14.4. The number of hydrogen-bond acceptors (Lipinski definition) is 6. The molecule has 8 heteroatoms. The Morgan fingerprint density at radius 2 is 2.07 bits per heavy atom. The predicted molar refractivity (Wildman–Crippen MR) is 113 cm³/mol. The van der Waals surface area contributed by atoms with Crippen molar-refractivity contribution in [3.63, 3.8) is 0 Å². The zero-order chi connectivity index (χ0) is 19.1. The molecule has 6 nitrogen and oxygen atoms in total. The predicted octanol–water partition coefficient (Wildman–Crippen LogP) is 3.00. The van der Waals surface area contributed by atoms with Gasteiger partial charge < -0.3 is 9.47 Å². The molecule has 136 valence electrons. The number of nitrogens with zero attached hydrogens (tertiary/aromatic N) is 2. The number of carbonyl (C=O) groups excluding carboxylic acids is 1. The van der Waals surface area contributed by atoms with Gasteiger partial charge in [0.1, 0.15) is 0 Å². The minimum Gasteiger partial charge on any atom is -0.493 e. The number of esters is 1. The number of methoxy groups -OCH3 is 1. The third-order valence-electron chi connectivity index (χ3n) is 3.94. The average molecular weight is 492 g/mol. The van der Waals surface area contributed by atoms with E-state index in [-0.39, 0.29) is 5.56 Å². The molecule has 0 aliphatic carbocycles. The summed E-state index contributed by atoms with van der Waals surface area (Å²) in [6, 6.07) is 11.1. The van der Waals surface area contributed by atoms with Crippen molar-refractivity contribution in [1.82, 2.24) is 9.38 Å². The maximum Gasteiger partial charge on any atom is 0.308 e. The van der Waals surface area contributed by atoms with Crippen LogP contribution in [0.2, 0.25) is 0 Å². The molecule has 0 saturated heterocycles. The van der Waals surface area contributed by atoms with Gasteiger partial charge in [0.05, 0.1) is 26.2 Å². The molecule has 0 atom stereocenters. The van der Waals surface area contributed by atoms with Crippen molar-refractivity contribution < 1.29 is 14.3 Å². The van der Waals surface area contributed by atoms with E-state index in [0.29, 0.717) is 24.6 Å². The number of carbonyl (C=O) groups is 1. The first kappa shape index (κ1) is 17.9. The van der Waals surface area contributed by atoms with E-state index >= 15 is 0 Å².